The van der Waals surface area contributed by atoms with Gasteiger partial charge in [0, 0.05) is 29.9 Å². The van der Waals surface area contributed by atoms with Gasteiger partial charge in [-0.15, -0.1) is 0 Å². The van der Waals surface area contributed by atoms with Crippen molar-refractivity contribution in [3.8, 4) is 34.3 Å². The van der Waals surface area contributed by atoms with Gasteiger partial charge in [0.2, 0.25) is 5.82 Å². The van der Waals surface area contributed by atoms with Crippen molar-refractivity contribution >= 4 is 17.4 Å². The third-order valence-corrected chi connectivity index (χ3v) is 5.15. The Labute approximate surface area is 191 Å². The van der Waals surface area contributed by atoms with E-state index in [9.17, 15) is 5.11 Å². The van der Waals surface area contributed by atoms with Gasteiger partial charge in [-0.2, -0.15) is 4.98 Å². The van der Waals surface area contributed by atoms with Crippen LogP contribution in [0, 0.1) is 6.92 Å². The number of halogens is 1. The highest BCUT2D eigenvalue weighted by molar-refractivity contribution is 6.32. The first-order valence-electron chi connectivity index (χ1n) is 10.1. The van der Waals surface area contributed by atoms with E-state index in [-0.39, 0.29) is 23.4 Å². The molecule has 9 nitrogen and oxygen atoms in total. The second kappa shape index (κ2) is 10.2. The first-order chi connectivity index (χ1) is 15.2. The van der Waals surface area contributed by atoms with Crippen molar-refractivity contribution < 1.29 is 24.2 Å². The minimum absolute atomic E-state index is 0.132. The molecule has 1 atom stereocenters. The van der Waals surface area contributed by atoms with Crippen molar-refractivity contribution in [2.24, 2.45) is 0 Å². The third-order valence-electron chi connectivity index (χ3n) is 4.87. The summed E-state index contributed by atoms with van der Waals surface area (Å²) in [5.74, 6) is 2.08. The van der Waals surface area contributed by atoms with Gasteiger partial charge in [-0.25, -0.2) is 4.98 Å². The number of pyridine rings is 1. The highest BCUT2D eigenvalue weighted by Gasteiger charge is 2.19. The molecule has 32 heavy (non-hydrogen) atoms. The van der Waals surface area contributed by atoms with E-state index in [0.29, 0.717) is 23.0 Å². The van der Waals surface area contributed by atoms with Crippen LogP contribution >= 0.6 is 11.6 Å². The van der Waals surface area contributed by atoms with Crippen molar-refractivity contribution in [2.45, 2.75) is 32.9 Å². The standard InChI is InChI=1S/C22H27ClN4O5/c1-12(2)27(4)19-9-15(6-13(3)24-19)22-25-21(26-32-22)14-7-17(23)20(18(8-14)30-5)31-11-16(29)10-28/h6-9,12,16,28-29H,10-11H2,1-5H3. The summed E-state index contributed by atoms with van der Waals surface area (Å²) in [6, 6.07) is 7.35. The Balaban J connectivity index is 1.92. The van der Waals surface area contributed by atoms with Gasteiger partial charge in [0.25, 0.3) is 5.89 Å². The number of aryl methyl sites for hydroxylation is 1. The molecule has 0 aliphatic carbocycles. The minimum Gasteiger partial charge on any atom is -0.493 e. The largest absolute Gasteiger partial charge is 0.493 e. The first kappa shape index (κ1) is 23.8. The number of methoxy groups -OCH3 is 1. The Kier molecular flexibility index (Phi) is 7.55. The summed E-state index contributed by atoms with van der Waals surface area (Å²) < 4.78 is 16.4. The number of aliphatic hydroxyl groups is 2. The van der Waals surface area contributed by atoms with E-state index in [2.05, 4.69) is 33.9 Å². The predicted octanol–water partition coefficient (Wildman–Crippen LogP) is 3.35. The molecule has 0 radical (unpaired) electrons. The van der Waals surface area contributed by atoms with E-state index < -0.39 is 12.7 Å². The summed E-state index contributed by atoms with van der Waals surface area (Å²) in [5.41, 5.74) is 2.16. The van der Waals surface area contributed by atoms with Crippen LogP contribution in [0.25, 0.3) is 22.8 Å². The molecule has 3 aromatic rings. The summed E-state index contributed by atoms with van der Waals surface area (Å²) in [6.45, 7) is 5.53. The number of aliphatic hydroxyl groups excluding tert-OH is 2. The highest BCUT2D eigenvalue weighted by atomic mass is 35.5. The van der Waals surface area contributed by atoms with Gasteiger partial charge in [-0.1, -0.05) is 16.8 Å². The van der Waals surface area contributed by atoms with E-state index in [0.717, 1.165) is 17.1 Å². The molecule has 172 valence electrons. The van der Waals surface area contributed by atoms with Crippen LogP contribution < -0.4 is 14.4 Å². The summed E-state index contributed by atoms with van der Waals surface area (Å²) in [6.07, 6.45) is -1.03. The molecule has 0 saturated carbocycles. The van der Waals surface area contributed by atoms with Crippen LogP contribution in [0.3, 0.4) is 0 Å². The molecule has 1 unspecified atom stereocenters. The Morgan fingerprint density at radius 1 is 1.16 bits per heavy atom. The third kappa shape index (κ3) is 5.29. The molecule has 0 fully saturated rings. The van der Waals surface area contributed by atoms with Crippen LogP contribution in [0.2, 0.25) is 5.02 Å². The quantitative estimate of drug-likeness (QED) is 0.494. The van der Waals surface area contributed by atoms with Crippen molar-refractivity contribution in [2.75, 3.05) is 32.3 Å². The van der Waals surface area contributed by atoms with E-state index >= 15 is 0 Å². The van der Waals surface area contributed by atoms with Crippen molar-refractivity contribution in [3.63, 3.8) is 0 Å². The summed E-state index contributed by atoms with van der Waals surface area (Å²) in [7, 11) is 3.45. The molecule has 0 saturated heterocycles. The van der Waals surface area contributed by atoms with Gasteiger partial charge in [0.05, 0.1) is 18.7 Å². The average Bonchev–Trinajstić information content (AvgIpc) is 3.26. The lowest BCUT2D eigenvalue weighted by atomic mass is 10.2. The SMILES string of the molecule is COc1cc(-c2noc(-c3cc(C)nc(N(C)C(C)C)c3)n2)cc(Cl)c1OCC(O)CO. The van der Waals surface area contributed by atoms with Crippen LogP contribution in [0.15, 0.2) is 28.8 Å². The number of nitrogens with zero attached hydrogens (tertiary/aromatic N) is 4. The maximum atomic E-state index is 9.52. The lowest BCUT2D eigenvalue weighted by Gasteiger charge is -2.23. The first-order valence-corrected chi connectivity index (χ1v) is 10.5. The lowest BCUT2D eigenvalue weighted by Crippen LogP contribution is -2.26. The van der Waals surface area contributed by atoms with E-state index in [1.54, 1.807) is 12.1 Å². The summed E-state index contributed by atoms with van der Waals surface area (Å²) in [5, 5.41) is 22.8. The fourth-order valence-electron chi connectivity index (χ4n) is 2.90. The van der Waals surface area contributed by atoms with Crippen molar-refractivity contribution in [3.05, 3.63) is 35.0 Å². The molecular weight excluding hydrogens is 436 g/mol. The van der Waals surface area contributed by atoms with Crippen LogP contribution in [0.4, 0.5) is 5.82 Å². The monoisotopic (exact) mass is 462 g/mol. The Hall–Kier alpha value is -2.88. The molecule has 2 heterocycles. The molecular formula is C22H27ClN4O5. The molecule has 0 bridgehead atoms. The molecule has 0 amide bonds. The van der Waals surface area contributed by atoms with Crippen molar-refractivity contribution in [1.29, 1.82) is 0 Å². The molecule has 0 aliphatic heterocycles. The maximum Gasteiger partial charge on any atom is 0.258 e. The number of benzene rings is 1. The predicted molar refractivity (Wildman–Crippen MR) is 121 cm³/mol. The highest BCUT2D eigenvalue weighted by Crippen LogP contribution is 2.39. The van der Waals surface area contributed by atoms with Gasteiger partial charge in [0.15, 0.2) is 11.5 Å². The zero-order valence-electron chi connectivity index (χ0n) is 18.7. The number of aromatic nitrogens is 3. The minimum atomic E-state index is -1.03. The molecule has 10 heteroatoms. The lowest BCUT2D eigenvalue weighted by molar-refractivity contribution is 0.0528. The van der Waals surface area contributed by atoms with Crippen LogP contribution in [-0.4, -0.2) is 64.9 Å². The van der Waals surface area contributed by atoms with Crippen LogP contribution in [0.1, 0.15) is 19.5 Å². The molecule has 0 aliphatic rings. The Morgan fingerprint density at radius 3 is 2.56 bits per heavy atom. The normalized spacial score (nSPS) is 12.2. The molecule has 2 aromatic heterocycles. The number of anilines is 1. The van der Waals surface area contributed by atoms with Gasteiger partial charge in [-0.05, 0) is 45.0 Å². The molecule has 0 spiro atoms. The maximum absolute atomic E-state index is 9.52. The zero-order chi connectivity index (χ0) is 23.4. The molecule has 1 aromatic carbocycles. The number of rotatable bonds is 9. The van der Waals surface area contributed by atoms with E-state index in [1.165, 1.54) is 7.11 Å². The van der Waals surface area contributed by atoms with Crippen molar-refractivity contribution in [1.82, 2.24) is 15.1 Å². The van der Waals surface area contributed by atoms with Gasteiger partial charge >= 0.3 is 0 Å². The Bertz CT molecular complexity index is 1070. The molecule has 3 rings (SSSR count). The summed E-state index contributed by atoms with van der Waals surface area (Å²) >= 11 is 6.37. The number of ether oxygens (including phenoxy) is 2. The van der Waals surface area contributed by atoms with Gasteiger partial charge in [0.1, 0.15) is 18.5 Å². The fraction of sp³-hybridized carbons (Fsp3) is 0.409. The van der Waals surface area contributed by atoms with Gasteiger partial charge in [-0.3, -0.25) is 0 Å². The second-order valence-electron chi connectivity index (χ2n) is 7.62. The number of hydrogen-bond donors (Lipinski definition) is 2. The number of hydrogen-bond acceptors (Lipinski definition) is 9. The fourth-order valence-corrected chi connectivity index (χ4v) is 3.16. The Morgan fingerprint density at radius 2 is 1.91 bits per heavy atom. The smallest absolute Gasteiger partial charge is 0.258 e. The summed E-state index contributed by atoms with van der Waals surface area (Å²) in [4.78, 5) is 11.2. The average molecular weight is 463 g/mol. The van der Waals surface area contributed by atoms with E-state index in [4.69, 9.17) is 30.7 Å². The zero-order valence-corrected chi connectivity index (χ0v) is 19.4. The van der Waals surface area contributed by atoms with Crippen LogP contribution in [-0.2, 0) is 0 Å². The van der Waals surface area contributed by atoms with E-state index in [1.807, 2.05) is 26.1 Å². The topological polar surface area (TPSA) is 114 Å². The van der Waals surface area contributed by atoms with Gasteiger partial charge < -0.3 is 29.1 Å². The molecule has 2 N–H and O–H groups in total. The second-order valence-corrected chi connectivity index (χ2v) is 8.03. The van der Waals surface area contributed by atoms with Crippen LogP contribution in [0.5, 0.6) is 11.5 Å².